The quantitative estimate of drug-likeness (QED) is 0.184. The molecule has 152 valence electrons. The van der Waals surface area contributed by atoms with E-state index in [0.29, 0.717) is 22.6 Å². The molecular formula is C24H31ClO3. The minimum absolute atomic E-state index is 0.0723. The van der Waals surface area contributed by atoms with E-state index in [4.69, 9.17) is 16.3 Å². The maximum absolute atomic E-state index is 12.7. The van der Waals surface area contributed by atoms with Crippen LogP contribution in [-0.4, -0.2) is 17.9 Å². The lowest BCUT2D eigenvalue weighted by Gasteiger charge is -2.17. The van der Waals surface area contributed by atoms with Crippen molar-refractivity contribution in [2.45, 2.75) is 65.9 Å². The van der Waals surface area contributed by atoms with Crippen LogP contribution in [0.2, 0.25) is 5.02 Å². The molecule has 0 amide bonds. The molecule has 0 aliphatic heterocycles. The maximum atomic E-state index is 12.7. The predicted molar refractivity (Wildman–Crippen MR) is 117 cm³/mol. The highest BCUT2D eigenvalue weighted by molar-refractivity contribution is 6.33. The van der Waals surface area contributed by atoms with E-state index in [-0.39, 0.29) is 18.3 Å². The van der Waals surface area contributed by atoms with Gasteiger partial charge in [-0.1, -0.05) is 48.9 Å². The fourth-order valence-corrected chi connectivity index (χ4v) is 3.16. The highest BCUT2D eigenvalue weighted by Crippen LogP contribution is 2.29. The molecule has 1 aromatic rings. The molecule has 3 nitrogen and oxygen atoms in total. The zero-order valence-corrected chi connectivity index (χ0v) is 18.1. The molecule has 0 fully saturated rings. The van der Waals surface area contributed by atoms with E-state index >= 15 is 0 Å². The predicted octanol–water partition coefficient (Wildman–Crippen LogP) is 6.49. The van der Waals surface area contributed by atoms with Gasteiger partial charge in [-0.15, -0.1) is 6.58 Å². The lowest BCUT2D eigenvalue weighted by atomic mass is 9.95. The highest BCUT2D eigenvalue weighted by atomic mass is 35.5. The number of carbonyl (C=O) groups excluding carboxylic acids is 2. The Hall–Kier alpha value is -2.13. The normalized spacial score (nSPS) is 12.5. The first-order valence-electron chi connectivity index (χ1n) is 9.76. The average Bonchev–Trinajstić information content (AvgIpc) is 2.62. The maximum Gasteiger partial charge on any atom is 0.339 e. The van der Waals surface area contributed by atoms with Gasteiger partial charge in [0.15, 0.2) is 5.78 Å². The highest BCUT2D eigenvalue weighted by Gasteiger charge is 2.23. The van der Waals surface area contributed by atoms with Gasteiger partial charge in [-0.2, -0.15) is 0 Å². The fraction of sp³-hybridized carbons (Fsp3) is 0.417. The first-order chi connectivity index (χ1) is 13.3. The summed E-state index contributed by atoms with van der Waals surface area (Å²) in [6, 6.07) is 1.85. The van der Waals surface area contributed by atoms with Crippen LogP contribution in [0.25, 0.3) is 0 Å². The van der Waals surface area contributed by atoms with E-state index in [2.05, 4.69) is 25.7 Å². The van der Waals surface area contributed by atoms with E-state index in [1.165, 1.54) is 0 Å². The Balaban J connectivity index is 3.01. The minimum atomic E-state index is -0.453. The van der Waals surface area contributed by atoms with E-state index in [1.807, 2.05) is 32.9 Å². The molecule has 0 aliphatic carbocycles. The van der Waals surface area contributed by atoms with Gasteiger partial charge in [-0.3, -0.25) is 4.79 Å². The number of hydrogen-bond acceptors (Lipinski definition) is 3. The van der Waals surface area contributed by atoms with E-state index in [0.717, 1.165) is 30.4 Å². The van der Waals surface area contributed by atoms with Crippen molar-refractivity contribution in [1.29, 1.82) is 0 Å². The lowest BCUT2D eigenvalue weighted by Crippen LogP contribution is -2.18. The van der Waals surface area contributed by atoms with Gasteiger partial charge in [0.25, 0.3) is 0 Å². The summed E-state index contributed by atoms with van der Waals surface area (Å²) in [6.45, 7) is 11.3. The van der Waals surface area contributed by atoms with Crippen molar-refractivity contribution in [2.24, 2.45) is 0 Å². The summed E-state index contributed by atoms with van der Waals surface area (Å²) in [7, 11) is 0. The molecule has 28 heavy (non-hydrogen) atoms. The number of esters is 1. The zero-order valence-electron chi connectivity index (χ0n) is 17.4. The van der Waals surface area contributed by atoms with E-state index in [1.54, 1.807) is 12.2 Å². The standard InChI is InChI=1S/C24H31ClO3/c1-6-8-9-10-11-12-14-20(26)16-21-22(17(3)15-18(4)23(21)25)24(27)28-19(5)13-7-2/h7-9,12,14-15,19H,2,6,10-11,13,16H2,1,3-5H3/b9-8-,14-12+/t19-/m1/s1. The van der Waals surface area contributed by atoms with Crippen LogP contribution in [0.4, 0.5) is 0 Å². The average molecular weight is 403 g/mol. The second kappa shape index (κ2) is 12.4. The molecule has 0 aliphatic rings. The van der Waals surface area contributed by atoms with Crippen molar-refractivity contribution < 1.29 is 14.3 Å². The second-order valence-corrected chi connectivity index (χ2v) is 7.30. The molecule has 1 rings (SSSR count). The summed E-state index contributed by atoms with van der Waals surface area (Å²) in [6.07, 6.45) is 12.4. The topological polar surface area (TPSA) is 43.4 Å². The molecule has 4 heteroatoms. The number of halogens is 1. The van der Waals surface area contributed by atoms with Crippen molar-refractivity contribution in [3.05, 3.63) is 70.3 Å². The molecule has 1 atom stereocenters. The number of aryl methyl sites for hydroxylation is 2. The molecule has 0 unspecified atom stereocenters. The smallest absolute Gasteiger partial charge is 0.339 e. The molecular weight excluding hydrogens is 372 g/mol. The third-order valence-corrected chi connectivity index (χ3v) is 4.83. The van der Waals surface area contributed by atoms with Crippen molar-refractivity contribution in [3.8, 4) is 0 Å². The Morgan fingerprint density at radius 2 is 1.86 bits per heavy atom. The van der Waals surface area contributed by atoms with Gasteiger partial charge < -0.3 is 4.74 Å². The van der Waals surface area contributed by atoms with Crippen molar-refractivity contribution in [1.82, 2.24) is 0 Å². The summed E-state index contributed by atoms with van der Waals surface area (Å²) in [5.74, 6) is -0.537. The Bertz CT molecular complexity index is 760. The number of hydrogen-bond donors (Lipinski definition) is 0. The minimum Gasteiger partial charge on any atom is -0.459 e. The van der Waals surface area contributed by atoms with Gasteiger partial charge in [0.1, 0.15) is 6.10 Å². The fourth-order valence-electron chi connectivity index (χ4n) is 2.95. The molecule has 0 aromatic heterocycles. The number of unbranched alkanes of at least 4 members (excludes halogenated alkanes) is 1. The molecule has 0 radical (unpaired) electrons. The summed E-state index contributed by atoms with van der Waals surface area (Å²) < 4.78 is 5.51. The Kier molecular flexibility index (Phi) is 10.5. The largest absolute Gasteiger partial charge is 0.459 e. The van der Waals surface area contributed by atoms with Crippen LogP contribution < -0.4 is 0 Å². The number of allylic oxidation sites excluding steroid dienone is 4. The molecule has 0 heterocycles. The van der Waals surface area contributed by atoms with Crippen LogP contribution in [0, 0.1) is 13.8 Å². The van der Waals surface area contributed by atoms with Crippen LogP contribution >= 0.6 is 11.6 Å². The number of ketones is 1. The van der Waals surface area contributed by atoms with Crippen molar-refractivity contribution >= 4 is 23.4 Å². The van der Waals surface area contributed by atoms with Crippen molar-refractivity contribution in [3.63, 3.8) is 0 Å². The number of carbonyl (C=O) groups is 2. The SMILES string of the molecule is C=CC[C@@H](C)OC(=O)c1c(C)cc(C)c(Cl)c1CC(=O)/C=C/CC/C=C\CC. The molecule has 0 spiro atoms. The second-order valence-electron chi connectivity index (χ2n) is 6.92. The van der Waals surface area contributed by atoms with Gasteiger partial charge in [-0.25, -0.2) is 4.79 Å². The van der Waals surface area contributed by atoms with Gasteiger partial charge in [0.05, 0.1) is 5.56 Å². The van der Waals surface area contributed by atoms with Crippen LogP contribution in [0.3, 0.4) is 0 Å². The van der Waals surface area contributed by atoms with Crippen molar-refractivity contribution in [2.75, 3.05) is 0 Å². The molecule has 0 N–H and O–H groups in total. The lowest BCUT2D eigenvalue weighted by molar-refractivity contribution is -0.114. The van der Waals surface area contributed by atoms with Crippen LogP contribution in [0.15, 0.2) is 43.0 Å². The van der Waals surface area contributed by atoms with Crippen LogP contribution in [-0.2, 0) is 16.0 Å². The molecule has 0 bridgehead atoms. The molecule has 0 saturated carbocycles. The van der Waals surface area contributed by atoms with Gasteiger partial charge >= 0.3 is 5.97 Å². The van der Waals surface area contributed by atoms with E-state index < -0.39 is 5.97 Å². The zero-order chi connectivity index (χ0) is 21.1. The summed E-state index contributed by atoms with van der Waals surface area (Å²) in [4.78, 5) is 25.2. The van der Waals surface area contributed by atoms with Crippen LogP contribution in [0.1, 0.15) is 66.6 Å². The van der Waals surface area contributed by atoms with E-state index in [9.17, 15) is 9.59 Å². The summed E-state index contributed by atoms with van der Waals surface area (Å²) in [5, 5.41) is 0.446. The molecule has 1 aromatic carbocycles. The third-order valence-electron chi connectivity index (χ3n) is 4.31. The van der Waals surface area contributed by atoms with Gasteiger partial charge in [0, 0.05) is 17.9 Å². The molecule has 0 saturated heterocycles. The van der Waals surface area contributed by atoms with Gasteiger partial charge in [-0.05, 0) is 62.8 Å². The Morgan fingerprint density at radius 3 is 2.50 bits per heavy atom. The summed E-state index contributed by atoms with van der Waals surface area (Å²) >= 11 is 6.47. The summed E-state index contributed by atoms with van der Waals surface area (Å²) in [5.41, 5.74) is 2.52. The monoisotopic (exact) mass is 402 g/mol. The van der Waals surface area contributed by atoms with Gasteiger partial charge in [0.2, 0.25) is 0 Å². The van der Waals surface area contributed by atoms with Crippen LogP contribution in [0.5, 0.6) is 0 Å². The number of benzene rings is 1. The number of rotatable bonds is 11. The first kappa shape index (κ1) is 23.9. The Morgan fingerprint density at radius 1 is 1.18 bits per heavy atom. The Labute approximate surface area is 174 Å². The number of ether oxygens (including phenoxy) is 1. The first-order valence-corrected chi connectivity index (χ1v) is 10.1. The third kappa shape index (κ3) is 7.47.